The third kappa shape index (κ3) is 1.47. The number of pyridine rings is 1. The van der Waals surface area contributed by atoms with E-state index >= 15 is 0 Å². The highest BCUT2D eigenvalue weighted by Crippen LogP contribution is 2.32. The molecular formula is C10H8BrClN2. The van der Waals surface area contributed by atoms with E-state index in [1.807, 2.05) is 25.1 Å². The van der Waals surface area contributed by atoms with Gasteiger partial charge in [-0.15, -0.1) is 0 Å². The smallest absolute Gasteiger partial charge is 0.125 e. The minimum atomic E-state index is 0.490. The summed E-state index contributed by atoms with van der Waals surface area (Å²) in [5, 5.41) is 2.64. The van der Waals surface area contributed by atoms with E-state index in [1.165, 1.54) is 0 Å². The van der Waals surface area contributed by atoms with Gasteiger partial charge in [0.15, 0.2) is 0 Å². The number of nitrogens with zero attached hydrogens (tertiary/aromatic N) is 1. The topological polar surface area (TPSA) is 38.9 Å². The summed E-state index contributed by atoms with van der Waals surface area (Å²) in [5.41, 5.74) is 6.66. The maximum absolute atomic E-state index is 6.17. The molecule has 0 saturated heterocycles. The third-order valence-corrected chi connectivity index (χ3v) is 3.17. The molecule has 0 amide bonds. The molecule has 2 nitrogen and oxygen atoms in total. The van der Waals surface area contributed by atoms with E-state index in [0.717, 1.165) is 21.4 Å². The molecule has 0 fully saturated rings. The van der Waals surface area contributed by atoms with Crippen LogP contribution in [-0.4, -0.2) is 4.98 Å². The molecule has 2 N–H and O–H groups in total. The Hall–Kier alpha value is -0.800. The van der Waals surface area contributed by atoms with E-state index < -0.39 is 0 Å². The fraction of sp³-hybridized carbons (Fsp3) is 0.100. The average Bonchev–Trinajstić information content (AvgIpc) is 2.10. The Bertz CT molecular complexity index is 511. The average molecular weight is 272 g/mol. The van der Waals surface area contributed by atoms with E-state index in [2.05, 4.69) is 20.9 Å². The Labute approximate surface area is 95.2 Å². The van der Waals surface area contributed by atoms with Gasteiger partial charge >= 0.3 is 0 Å². The van der Waals surface area contributed by atoms with Crippen LogP contribution in [0.3, 0.4) is 0 Å². The van der Waals surface area contributed by atoms with Gasteiger partial charge in [-0.1, -0.05) is 23.7 Å². The van der Waals surface area contributed by atoms with E-state index in [9.17, 15) is 0 Å². The number of aryl methyl sites for hydroxylation is 1. The first-order valence-electron chi connectivity index (χ1n) is 4.10. The highest BCUT2D eigenvalue weighted by atomic mass is 79.9. The normalized spacial score (nSPS) is 10.8. The first-order chi connectivity index (χ1) is 6.59. The van der Waals surface area contributed by atoms with Gasteiger partial charge in [0.2, 0.25) is 0 Å². The Morgan fingerprint density at radius 1 is 1.43 bits per heavy atom. The number of benzene rings is 1. The van der Waals surface area contributed by atoms with Crippen molar-refractivity contribution in [3.05, 3.63) is 33.4 Å². The predicted molar refractivity (Wildman–Crippen MR) is 63.6 cm³/mol. The fourth-order valence-electron chi connectivity index (χ4n) is 1.39. The number of nitrogens with two attached hydrogens (primary N) is 1. The summed E-state index contributed by atoms with van der Waals surface area (Å²) in [4.78, 5) is 4.11. The van der Waals surface area contributed by atoms with E-state index in [-0.39, 0.29) is 0 Å². The van der Waals surface area contributed by atoms with Crippen molar-refractivity contribution in [1.82, 2.24) is 4.98 Å². The summed E-state index contributed by atoms with van der Waals surface area (Å²) in [6.45, 7) is 1.96. The molecule has 0 aliphatic heterocycles. The van der Waals surface area contributed by atoms with Crippen molar-refractivity contribution in [3.63, 3.8) is 0 Å². The molecule has 1 aromatic carbocycles. The summed E-state index contributed by atoms with van der Waals surface area (Å²) in [5.74, 6) is 0.490. The Morgan fingerprint density at radius 2 is 2.14 bits per heavy atom. The Morgan fingerprint density at radius 3 is 2.86 bits per heavy atom. The Balaban J connectivity index is 2.95. The predicted octanol–water partition coefficient (Wildman–Crippen LogP) is 3.54. The second kappa shape index (κ2) is 3.41. The maximum atomic E-state index is 6.17. The number of nitrogen functional groups attached to an aromatic ring is 1. The molecule has 2 aromatic rings. The first kappa shape index (κ1) is 9.74. The van der Waals surface area contributed by atoms with Crippen molar-refractivity contribution in [2.75, 3.05) is 5.73 Å². The molecule has 0 spiro atoms. The van der Waals surface area contributed by atoms with Crippen LogP contribution in [0, 0.1) is 6.92 Å². The summed E-state index contributed by atoms with van der Waals surface area (Å²) < 4.78 is 0.696. The van der Waals surface area contributed by atoms with Crippen LogP contribution in [0.4, 0.5) is 5.82 Å². The van der Waals surface area contributed by atoms with Crippen LogP contribution >= 0.6 is 27.5 Å². The molecule has 72 valence electrons. The number of fused-ring (bicyclic) bond motifs is 1. The highest BCUT2D eigenvalue weighted by Gasteiger charge is 2.07. The van der Waals surface area contributed by atoms with Gasteiger partial charge < -0.3 is 5.73 Å². The van der Waals surface area contributed by atoms with Crippen molar-refractivity contribution in [2.45, 2.75) is 6.92 Å². The lowest BCUT2D eigenvalue weighted by atomic mass is 10.1. The van der Waals surface area contributed by atoms with Crippen LogP contribution in [0.2, 0.25) is 5.02 Å². The van der Waals surface area contributed by atoms with Crippen LogP contribution < -0.4 is 5.73 Å². The minimum absolute atomic E-state index is 0.490. The fourth-order valence-corrected chi connectivity index (χ4v) is 2.39. The van der Waals surface area contributed by atoms with E-state index in [1.54, 1.807) is 0 Å². The molecular weight excluding hydrogens is 263 g/mol. The number of anilines is 1. The second-order valence-electron chi connectivity index (χ2n) is 3.13. The lowest BCUT2D eigenvalue weighted by Gasteiger charge is -2.06. The van der Waals surface area contributed by atoms with Gasteiger partial charge in [-0.25, -0.2) is 4.98 Å². The van der Waals surface area contributed by atoms with Crippen LogP contribution in [0.25, 0.3) is 10.8 Å². The molecule has 0 bridgehead atoms. The third-order valence-electron chi connectivity index (χ3n) is 2.10. The largest absolute Gasteiger partial charge is 0.384 e. The van der Waals surface area contributed by atoms with Gasteiger partial charge in [-0.05, 0) is 39.9 Å². The van der Waals surface area contributed by atoms with Crippen molar-refractivity contribution >= 4 is 44.1 Å². The molecule has 0 atom stereocenters. The number of halogens is 2. The quantitative estimate of drug-likeness (QED) is 0.744. The standard InChI is InChI=1S/C10H8BrClN2/c1-5-2-3-6-4-7(13)14-10(11)8(6)9(5)12/h2-4H,1H3,(H2,13,14). The summed E-state index contributed by atoms with van der Waals surface area (Å²) >= 11 is 9.53. The maximum Gasteiger partial charge on any atom is 0.125 e. The summed E-state index contributed by atoms with van der Waals surface area (Å²) in [7, 11) is 0. The van der Waals surface area contributed by atoms with E-state index in [4.69, 9.17) is 17.3 Å². The highest BCUT2D eigenvalue weighted by molar-refractivity contribution is 9.10. The van der Waals surface area contributed by atoms with Gasteiger partial charge in [-0.2, -0.15) is 0 Å². The molecule has 1 heterocycles. The number of aromatic nitrogens is 1. The van der Waals surface area contributed by atoms with Gasteiger partial charge in [-0.3, -0.25) is 0 Å². The zero-order valence-corrected chi connectivity index (χ0v) is 9.85. The van der Waals surface area contributed by atoms with Crippen LogP contribution in [0.5, 0.6) is 0 Å². The summed E-state index contributed by atoms with van der Waals surface area (Å²) in [6.07, 6.45) is 0. The van der Waals surface area contributed by atoms with Crippen LogP contribution in [-0.2, 0) is 0 Å². The number of hydrogen-bond donors (Lipinski definition) is 1. The van der Waals surface area contributed by atoms with Gasteiger partial charge in [0, 0.05) is 5.39 Å². The van der Waals surface area contributed by atoms with Crippen LogP contribution in [0.1, 0.15) is 5.56 Å². The number of hydrogen-bond acceptors (Lipinski definition) is 2. The monoisotopic (exact) mass is 270 g/mol. The SMILES string of the molecule is Cc1ccc2cc(N)nc(Br)c2c1Cl. The van der Waals surface area contributed by atoms with E-state index in [0.29, 0.717) is 10.4 Å². The van der Waals surface area contributed by atoms with Crippen molar-refractivity contribution in [2.24, 2.45) is 0 Å². The lowest BCUT2D eigenvalue weighted by molar-refractivity contribution is 1.32. The molecule has 0 aliphatic rings. The van der Waals surface area contributed by atoms with Gasteiger partial charge in [0.05, 0.1) is 5.02 Å². The second-order valence-corrected chi connectivity index (χ2v) is 4.26. The molecule has 4 heteroatoms. The van der Waals surface area contributed by atoms with Crippen molar-refractivity contribution in [1.29, 1.82) is 0 Å². The zero-order valence-electron chi connectivity index (χ0n) is 7.51. The van der Waals surface area contributed by atoms with Gasteiger partial charge in [0.1, 0.15) is 10.4 Å². The molecule has 0 saturated carbocycles. The molecule has 2 rings (SSSR count). The van der Waals surface area contributed by atoms with Crippen molar-refractivity contribution < 1.29 is 0 Å². The minimum Gasteiger partial charge on any atom is -0.384 e. The Kier molecular flexibility index (Phi) is 2.37. The lowest BCUT2D eigenvalue weighted by Crippen LogP contribution is -1.92. The zero-order chi connectivity index (χ0) is 10.3. The van der Waals surface area contributed by atoms with Crippen molar-refractivity contribution in [3.8, 4) is 0 Å². The van der Waals surface area contributed by atoms with Gasteiger partial charge in [0.25, 0.3) is 0 Å². The molecule has 0 radical (unpaired) electrons. The molecule has 14 heavy (non-hydrogen) atoms. The molecule has 0 unspecified atom stereocenters. The number of rotatable bonds is 0. The molecule has 0 aliphatic carbocycles. The molecule has 1 aromatic heterocycles. The first-order valence-corrected chi connectivity index (χ1v) is 5.27. The van der Waals surface area contributed by atoms with Crippen LogP contribution in [0.15, 0.2) is 22.8 Å². The summed E-state index contributed by atoms with van der Waals surface area (Å²) in [6, 6.07) is 5.77.